The van der Waals surface area contributed by atoms with E-state index in [0.717, 1.165) is 38.5 Å². The van der Waals surface area contributed by atoms with Crippen molar-refractivity contribution < 1.29 is 58.5 Å². The van der Waals surface area contributed by atoms with Gasteiger partial charge in [0.05, 0.1) is 11.5 Å². The molecule has 32 heavy (non-hydrogen) atoms. The van der Waals surface area contributed by atoms with Gasteiger partial charge in [-0.2, -0.15) is 0 Å². The minimum Gasteiger partial charge on any atom is -0.550 e. The number of carbonyl (C=O) groups excluding carboxylic acids is 2. The summed E-state index contributed by atoms with van der Waals surface area (Å²) in [6.07, 6.45) is 2.74. The predicted octanol–water partition coefficient (Wildman–Crippen LogP) is 1.06. The van der Waals surface area contributed by atoms with Crippen molar-refractivity contribution in [1.29, 1.82) is 0 Å². The van der Waals surface area contributed by atoms with E-state index >= 15 is 0 Å². The second-order valence-electron chi connectivity index (χ2n) is 11.0. The first-order valence-corrected chi connectivity index (χ1v) is 12.2. The van der Waals surface area contributed by atoms with Crippen LogP contribution in [0, 0.1) is 35.0 Å². The van der Waals surface area contributed by atoms with Crippen LogP contribution in [0.1, 0.15) is 92.4 Å². The number of fused-ring (bicyclic) bond motifs is 1. The fraction of sp³-hybridized carbons (Fsp3) is 0.920. The van der Waals surface area contributed by atoms with Gasteiger partial charge in [0.2, 0.25) is 0 Å². The number of aliphatic hydroxyl groups excluding tert-OH is 1. The van der Waals surface area contributed by atoms with E-state index in [1.54, 1.807) is 0 Å². The van der Waals surface area contributed by atoms with Gasteiger partial charge in [0.15, 0.2) is 0 Å². The zero-order chi connectivity index (χ0) is 23.3. The monoisotopic (exact) mass is 464 g/mol. The SMILES string of the molecule is CCC(C)(C)C(=O)O[C@H]1C[C@@H](C)CC2CC[C@H](C)[C@H](CC[C@@H](O)C[C@H](F)CC(=O)[O-])C21.[Na+]. The van der Waals surface area contributed by atoms with Crippen LogP contribution in [0.15, 0.2) is 0 Å². The summed E-state index contributed by atoms with van der Waals surface area (Å²) in [4.78, 5) is 23.4. The number of carboxylic acid groups (broad SMARTS) is 1. The minimum absolute atomic E-state index is 0. The third-order valence-electron chi connectivity index (χ3n) is 7.98. The number of esters is 1. The molecule has 0 heterocycles. The maximum atomic E-state index is 13.8. The first-order chi connectivity index (χ1) is 14.4. The first kappa shape index (κ1) is 29.9. The van der Waals surface area contributed by atoms with E-state index in [1.807, 2.05) is 20.8 Å². The Kier molecular flexibility index (Phi) is 12.2. The molecule has 1 N–H and O–H groups in total. The molecule has 2 fully saturated rings. The Morgan fingerprint density at radius 3 is 2.47 bits per heavy atom. The molecular weight excluding hydrogens is 422 g/mol. The second-order valence-corrected chi connectivity index (χ2v) is 11.0. The maximum absolute atomic E-state index is 13.8. The molecule has 2 aliphatic carbocycles. The average molecular weight is 465 g/mol. The summed E-state index contributed by atoms with van der Waals surface area (Å²) >= 11 is 0. The van der Waals surface area contributed by atoms with Crippen molar-refractivity contribution in [1.82, 2.24) is 0 Å². The smallest absolute Gasteiger partial charge is 0.550 e. The van der Waals surface area contributed by atoms with Crippen LogP contribution in [0.3, 0.4) is 0 Å². The third kappa shape index (κ3) is 8.25. The fourth-order valence-electron chi connectivity index (χ4n) is 5.74. The van der Waals surface area contributed by atoms with Crippen molar-refractivity contribution in [3.8, 4) is 0 Å². The van der Waals surface area contributed by atoms with Crippen molar-refractivity contribution in [3.63, 3.8) is 0 Å². The minimum atomic E-state index is -1.59. The van der Waals surface area contributed by atoms with Crippen molar-refractivity contribution in [2.24, 2.45) is 35.0 Å². The van der Waals surface area contributed by atoms with Gasteiger partial charge in [-0.25, -0.2) is 4.39 Å². The van der Waals surface area contributed by atoms with Crippen molar-refractivity contribution in [2.45, 2.75) is 111 Å². The van der Waals surface area contributed by atoms with Crippen molar-refractivity contribution >= 4 is 11.9 Å². The Bertz CT molecular complexity index is 613. The molecule has 0 amide bonds. The van der Waals surface area contributed by atoms with Crippen LogP contribution < -0.4 is 34.7 Å². The Labute approximate surface area is 215 Å². The Hall–Kier alpha value is -0.170. The van der Waals surface area contributed by atoms with Gasteiger partial charge >= 0.3 is 35.5 Å². The van der Waals surface area contributed by atoms with Crippen LogP contribution in [0.4, 0.5) is 4.39 Å². The van der Waals surface area contributed by atoms with E-state index in [4.69, 9.17) is 4.74 Å². The van der Waals surface area contributed by atoms with Gasteiger partial charge in [-0.3, -0.25) is 4.79 Å². The van der Waals surface area contributed by atoms with Gasteiger partial charge in [0.1, 0.15) is 12.3 Å². The number of halogens is 1. The Morgan fingerprint density at radius 2 is 1.88 bits per heavy atom. The molecule has 0 saturated heterocycles. The topological polar surface area (TPSA) is 86.7 Å². The van der Waals surface area contributed by atoms with Gasteiger partial charge in [-0.05, 0) is 76.0 Å². The summed E-state index contributed by atoms with van der Waals surface area (Å²) < 4.78 is 19.9. The largest absolute Gasteiger partial charge is 1.00 e. The molecule has 0 aromatic carbocycles. The molecule has 0 aromatic rings. The molecule has 0 aliphatic heterocycles. The van der Waals surface area contributed by atoms with Gasteiger partial charge < -0.3 is 19.7 Å². The van der Waals surface area contributed by atoms with Gasteiger partial charge in [-0.1, -0.05) is 27.2 Å². The molecule has 2 rings (SSSR count). The number of hydrogen-bond donors (Lipinski definition) is 1. The van der Waals surface area contributed by atoms with E-state index in [0.29, 0.717) is 30.1 Å². The number of hydrogen-bond acceptors (Lipinski definition) is 5. The molecule has 0 aromatic heterocycles. The number of carboxylic acids is 1. The summed E-state index contributed by atoms with van der Waals surface area (Å²) in [6.45, 7) is 10.3. The number of rotatable bonds is 10. The number of aliphatic carboxylic acids is 1. The van der Waals surface area contributed by atoms with Gasteiger partial charge in [0.25, 0.3) is 0 Å². The van der Waals surface area contributed by atoms with Crippen LogP contribution in [0.2, 0.25) is 0 Å². The zero-order valence-corrected chi connectivity index (χ0v) is 22.9. The summed E-state index contributed by atoms with van der Waals surface area (Å²) in [5.41, 5.74) is -0.503. The van der Waals surface area contributed by atoms with Gasteiger partial charge in [0, 0.05) is 24.7 Å². The Morgan fingerprint density at radius 1 is 1.22 bits per heavy atom. The van der Waals surface area contributed by atoms with E-state index in [1.165, 1.54) is 0 Å². The van der Waals surface area contributed by atoms with E-state index in [2.05, 4.69) is 13.8 Å². The quantitative estimate of drug-likeness (QED) is 0.386. The molecule has 0 radical (unpaired) electrons. The van der Waals surface area contributed by atoms with Crippen molar-refractivity contribution in [2.75, 3.05) is 0 Å². The molecule has 2 saturated carbocycles. The van der Waals surface area contributed by atoms with Crippen LogP contribution in [0.25, 0.3) is 0 Å². The number of aliphatic hydroxyl groups is 1. The van der Waals surface area contributed by atoms with Crippen molar-refractivity contribution in [3.05, 3.63) is 0 Å². The molecule has 180 valence electrons. The summed E-state index contributed by atoms with van der Waals surface area (Å²) in [7, 11) is 0. The molecule has 8 atom stereocenters. The number of ether oxygens (including phenoxy) is 1. The Balaban J connectivity index is 0.00000512. The van der Waals surface area contributed by atoms with Crippen LogP contribution >= 0.6 is 0 Å². The first-order valence-electron chi connectivity index (χ1n) is 12.2. The number of carbonyl (C=O) groups is 2. The molecule has 2 unspecified atom stereocenters. The molecular formula is C25H42FNaO5. The standard InChI is InChI=1S/C25H43FO5.Na/c1-6-25(4,5)24(30)31-21-12-15(2)11-17-8-7-16(3)20(23(17)21)10-9-19(27)13-18(26)14-22(28)29;/h15-21,23,27H,6-14H2,1-5H3,(H,28,29);/q;+1/p-1/t15-,16-,17?,18-,19+,20-,21-,23?;/m0./s1. The van der Waals surface area contributed by atoms with E-state index in [-0.39, 0.29) is 54.0 Å². The number of alkyl halides is 1. The fourth-order valence-corrected chi connectivity index (χ4v) is 5.74. The molecule has 2 aliphatic rings. The van der Waals surface area contributed by atoms with Crippen LogP contribution in [-0.4, -0.2) is 35.4 Å². The molecule has 7 heteroatoms. The van der Waals surface area contributed by atoms with E-state index < -0.39 is 30.1 Å². The normalized spacial score (nSPS) is 32.2. The average Bonchev–Trinajstić information content (AvgIpc) is 2.66. The third-order valence-corrected chi connectivity index (χ3v) is 7.98. The zero-order valence-electron chi connectivity index (χ0n) is 20.9. The predicted molar refractivity (Wildman–Crippen MR) is 116 cm³/mol. The summed E-state index contributed by atoms with van der Waals surface area (Å²) in [6, 6.07) is 0. The summed E-state index contributed by atoms with van der Waals surface area (Å²) in [5, 5.41) is 20.9. The summed E-state index contributed by atoms with van der Waals surface area (Å²) in [5.74, 6) is 0.492. The van der Waals surface area contributed by atoms with Crippen LogP contribution in [-0.2, 0) is 14.3 Å². The second kappa shape index (κ2) is 13.1. The van der Waals surface area contributed by atoms with Gasteiger partial charge in [-0.15, -0.1) is 0 Å². The molecule has 5 nitrogen and oxygen atoms in total. The van der Waals surface area contributed by atoms with E-state index in [9.17, 15) is 24.2 Å². The van der Waals surface area contributed by atoms with Crippen LogP contribution in [0.5, 0.6) is 0 Å². The molecule has 0 bridgehead atoms. The maximum Gasteiger partial charge on any atom is 1.00 e. The molecule has 0 spiro atoms.